The molecule has 8 heteroatoms. The van der Waals surface area contributed by atoms with Crippen molar-refractivity contribution in [1.82, 2.24) is 24.7 Å². The Labute approximate surface area is 171 Å². The van der Waals surface area contributed by atoms with Crippen LogP contribution >= 0.6 is 0 Å². The average Bonchev–Trinajstić information content (AvgIpc) is 3.13. The summed E-state index contributed by atoms with van der Waals surface area (Å²) in [5.41, 5.74) is 1.95. The fraction of sp³-hybridized carbons (Fsp3) is 0.667. The summed E-state index contributed by atoms with van der Waals surface area (Å²) in [6, 6.07) is -0.0456. The van der Waals surface area contributed by atoms with Gasteiger partial charge in [0, 0.05) is 64.2 Å². The zero-order valence-electron chi connectivity index (χ0n) is 17.3. The third-order valence-electron chi connectivity index (χ3n) is 6.42. The lowest BCUT2D eigenvalue weighted by atomic mass is 9.99. The maximum Gasteiger partial charge on any atom is 0.228 e. The normalized spacial score (nSPS) is 24.6. The van der Waals surface area contributed by atoms with Gasteiger partial charge in [-0.1, -0.05) is 0 Å². The van der Waals surface area contributed by atoms with Gasteiger partial charge < -0.3 is 14.7 Å². The standard InChI is InChI=1S/C21H29N5O3/c1-3-24-12-15(10-19(24)28)21(29)25-9-7-17-16(13-25)11-22-20(23-17)18-6-4-5-8-26(18)14(2)27/h11,15,18H,3-10,12-13H2,1-2H3/t15-,18-/m1/s1. The van der Waals surface area contributed by atoms with Crippen molar-refractivity contribution in [2.24, 2.45) is 5.92 Å². The molecule has 0 unspecified atom stereocenters. The monoisotopic (exact) mass is 399 g/mol. The Bertz CT molecular complexity index is 827. The lowest BCUT2D eigenvalue weighted by Crippen LogP contribution is -2.41. The second-order valence-corrected chi connectivity index (χ2v) is 8.27. The van der Waals surface area contributed by atoms with E-state index in [2.05, 4.69) is 4.98 Å². The zero-order chi connectivity index (χ0) is 20.5. The fourth-order valence-corrected chi connectivity index (χ4v) is 4.76. The first-order chi connectivity index (χ1) is 14.0. The Morgan fingerprint density at radius 2 is 2.07 bits per heavy atom. The summed E-state index contributed by atoms with van der Waals surface area (Å²) >= 11 is 0. The van der Waals surface area contributed by atoms with Crippen molar-refractivity contribution in [2.45, 2.75) is 58.5 Å². The third-order valence-corrected chi connectivity index (χ3v) is 6.42. The van der Waals surface area contributed by atoms with E-state index in [-0.39, 0.29) is 29.7 Å². The van der Waals surface area contributed by atoms with E-state index in [1.165, 1.54) is 0 Å². The summed E-state index contributed by atoms with van der Waals surface area (Å²) in [6.07, 6.45) is 5.81. The molecule has 3 aliphatic rings. The molecule has 0 spiro atoms. The molecule has 1 aromatic heterocycles. The molecule has 0 N–H and O–H groups in total. The van der Waals surface area contributed by atoms with Crippen LogP contribution in [0.15, 0.2) is 6.20 Å². The van der Waals surface area contributed by atoms with E-state index in [1.807, 2.05) is 22.9 Å². The predicted molar refractivity (Wildman–Crippen MR) is 105 cm³/mol. The van der Waals surface area contributed by atoms with Gasteiger partial charge in [-0.15, -0.1) is 0 Å². The van der Waals surface area contributed by atoms with Crippen LogP contribution in [-0.2, 0) is 27.3 Å². The Kier molecular flexibility index (Phi) is 5.52. The average molecular weight is 399 g/mol. The highest BCUT2D eigenvalue weighted by Crippen LogP contribution is 2.30. The molecule has 29 heavy (non-hydrogen) atoms. The molecule has 156 valence electrons. The number of fused-ring (bicyclic) bond motifs is 1. The minimum Gasteiger partial charge on any atom is -0.342 e. The molecule has 4 heterocycles. The SMILES string of the molecule is CCN1C[C@H](C(=O)N2CCc3nc([C@H]4CCCCN4C(C)=O)ncc3C2)CC1=O. The summed E-state index contributed by atoms with van der Waals surface area (Å²) in [5, 5.41) is 0. The summed E-state index contributed by atoms with van der Waals surface area (Å²) in [6.45, 7) is 6.59. The molecule has 3 aliphatic heterocycles. The molecular weight excluding hydrogens is 370 g/mol. The lowest BCUT2D eigenvalue weighted by molar-refractivity contribution is -0.136. The van der Waals surface area contributed by atoms with E-state index in [9.17, 15) is 14.4 Å². The molecule has 4 rings (SSSR count). The van der Waals surface area contributed by atoms with Gasteiger partial charge in [-0.25, -0.2) is 9.97 Å². The van der Waals surface area contributed by atoms with Crippen molar-refractivity contribution >= 4 is 17.7 Å². The summed E-state index contributed by atoms with van der Waals surface area (Å²) in [4.78, 5) is 51.7. The first-order valence-corrected chi connectivity index (χ1v) is 10.7. The van der Waals surface area contributed by atoms with E-state index in [4.69, 9.17) is 4.98 Å². The molecule has 0 radical (unpaired) electrons. The van der Waals surface area contributed by atoms with Crippen LogP contribution in [0.25, 0.3) is 0 Å². The number of piperidine rings is 1. The predicted octanol–water partition coefficient (Wildman–Crippen LogP) is 1.30. The van der Waals surface area contributed by atoms with Gasteiger partial charge in [-0.3, -0.25) is 14.4 Å². The van der Waals surface area contributed by atoms with Crippen LogP contribution in [0.2, 0.25) is 0 Å². The van der Waals surface area contributed by atoms with Crippen molar-refractivity contribution in [3.63, 3.8) is 0 Å². The van der Waals surface area contributed by atoms with Gasteiger partial charge in [0.05, 0.1) is 17.7 Å². The smallest absolute Gasteiger partial charge is 0.228 e. The van der Waals surface area contributed by atoms with Crippen LogP contribution in [0.4, 0.5) is 0 Å². The molecule has 0 aromatic carbocycles. The number of nitrogens with zero attached hydrogens (tertiary/aromatic N) is 5. The molecule has 8 nitrogen and oxygen atoms in total. The Balaban J connectivity index is 1.46. The Morgan fingerprint density at radius 1 is 1.24 bits per heavy atom. The van der Waals surface area contributed by atoms with E-state index in [0.29, 0.717) is 39.0 Å². The summed E-state index contributed by atoms with van der Waals surface area (Å²) in [5.74, 6) is 0.673. The molecule has 3 amide bonds. The Morgan fingerprint density at radius 3 is 2.79 bits per heavy atom. The van der Waals surface area contributed by atoms with E-state index < -0.39 is 0 Å². The lowest BCUT2D eigenvalue weighted by Gasteiger charge is -2.35. The fourth-order valence-electron chi connectivity index (χ4n) is 4.76. The number of amides is 3. The van der Waals surface area contributed by atoms with Gasteiger partial charge in [0.1, 0.15) is 0 Å². The van der Waals surface area contributed by atoms with E-state index in [1.54, 1.807) is 11.8 Å². The maximum absolute atomic E-state index is 12.9. The topological polar surface area (TPSA) is 86.7 Å². The van der Waals surface area contributed by atoms with Crippen LogP contribution in [-0.4, -0.2) is 68.6 Å². The number of aromatic nitrogens is 2. The van der Waals surface area contributed by atoms with Crippen LogP contribution in [0.1, 0.15) is 62.7 Å². The number of hydrogen-bond donors (Lipinski definition) is 0. The highest BCUT2D eigenvalue weighted by Gasteiger charge is 2.37. The van der Waals surface area contributed by atoms with Crippen molar-refractivity contribution in [3.05, 3.63) is 23.3 Å². The van der Waals surface area contributed by atoms with Gasteiger partial charge >= 0.3 is 0 Å². The summed E-state index contributed by atoms with van der Waals surface area (Å²) in [7, 11) is 0. The van der Waals surface area contributed by atoms with Crippen LogP contribution in [0.5, 0.6) is 0 Å². The van der Waals surface area contributed by atoms with E-state index in [0.717, 1.165) is 42.9 Å². The van der Waals surface area contributed by atoms with Gasteiger partial charge in [0.15, 0.2) is 5.82 Å². The number of carbonyl (C=O) groups is 3. The van der Waals surface area contributed by atoms with Crippen molar-refractivity contribution in [2.75, 3.05) is 26.2 Å². The summed E-state index contributed by atoms with van der Waals surface area (Å²) < 4.78 is 0. The largest absolute Gasteiger partial charge is 0.342 e. The molecule has 2 atom stereocenters. The van der Waals surface area contributed by atoms with Gasteiger partial charge in [0.2, 0.25) is 17.7 Å². The van der Waals surface area contributed by atoms with Crippen molar-refractivity contribution in [3.8, 4) is 0 Å². The first-order valence-electron chi connectivity index (χ1n) is 10.7. The molecule has 0 saturated carbocycles. The van der Waals surface area contributed by atoms with E-state index >= 15 is 0 Å². The highest BCUT2D eigenvalue weighted by atomic mass is 16.2. The quantitative estimate of drug-likeness (QED) is 0.765. The molecule has 0 aliphatic carbocycles. The maximum atomic E-state index is 12.9. The van der Waals surface area contributed by atoms with Crippen LogP contribution < -0.4 is 0 Å². The Hall–Kier alpha value is -2.51. The zero-order valence-corrected chi connectivity index (χ0v) is 17.3. The molecule has 1 aromatic rings. The second-order valence-electron chi connectivity index (χ2n) is 8.27. The highest BCUT2D eigenvalue weighted by molar-refractivity contribution is 5.89. The first kappa shape index (κ1) is 19.8. The van der Waals surface area contributed by atoms with Gasteiger partial charge in [0.25, 0.3) is 0 Å². The van der Waals surface area contributed by atoms with Gasteiger partial charge in [-0.2, -0.15) is 0 Å². The minimum atomic E-state index is -0.240. The molecular formula is C21H29N5O3. The second kappa shape index (κ2) is 8.08. The number of hydrogen-bond acceptors (Lipinski definition) is 5. The number of rotatable bonds is 3. The third kappa shape index (κ3) is 3.84. The molecule has 0 bridgehead atoms. The minimum absolute atomic E-state index is 0.0456. The van der Waals surface area contributed by atoms with Crippen molar-refractivity contribution < 1.29 is 14.4 Å². The molecule has 2 saturated heterocycles. The molecule has 2 fully saturated rings. The van der Waals surface area contributed by atoms with Crippen LogP contribution in [0.3, 0.4) is 0 Å². The van der Waals surface area contributed by atoms with Crippen molar-refractivity contribution in [1.29, 1.82) is 0 Å². The number of likely N-dealkylation sites (tertiary alicyclic amines) is 2. The van der Waals surface area contributed by atoms with Gasteiger partial charge in [-0.05, 0) is 26.2 Å². The number of carbonyl (C=O) groups excluding carboxylic acids is 3. The van der Waals surface area contributed by atoms with Crippen LogP contribution in [0, 0.1) is 5.92 Å².